The summed E-state index contributed by atoms with van der Waals surface area (Å²) in [5.41, 5.74) is 3.02. The molecule has 0 aromatic heterocycles. The molecule has 1 saturated heterocycles. The van der Waals surface area contributed by atoms with Crippen LogP contribution in [0.15, 0.2) is 48.5 Å². The lowest BCUT2D eigenvalue weighted by Gasteiger charge is -2.33. The summed E-state index contributed by atoms with van der Waals surface area (Å²) in [5, 5.41) is 0. The Bertz CT molecular complexity index is 895. The van der Waals surface area contributed by atoms with Crippen molar-refractivity contribution < 1.29 is 13.2 Å². The van der Waals surface area contributed by atoms with Gasteiger partial charge in [-0.25, -0.2) is 13.2 Å². The van der Waals surface area contributed by atoms with Gasteiger partial charge < -0.3 is 4.90 Å². The van der Waals surface area contributed by atoms with Crippen LogP contribution < -0.4 is 9.62 Å². The van der Waals surface area contributed by atoms with Crippen LogP contribution in [-0.4, -0.2) is 39.5 Å². The van der Waals surface area contributed by atoms with Crippen LogP contribution in [0.5, 0.6) is 0 Å². The maximum Gasteiger partial charge on any atom is 0.324 e. The first-order chi connectivity index (χ1) is 12.3. The average Bonchev–Trinajstić information content (AvgIpc) is 2.57. The second-order valence-corrected chi connectivity index (χ2v) is 8.33. The molecule has 1 aliphatic heterocycles. The first-order valence-electron chi connectivity index (χ1n) is 8.53. The molecule has 2 aromatic carbocycles. The fourth-order valence-corrected chi connectivity index (χ4v) is 4.24. The van der Waals surface area contributed by atoms with Crippen LogP contribution >= 0.6 is 0 Å². The minimum absolute atomic E-state index is 0.0379. The predicted octanol–water partition coefficient (Wildman–Crippen LogP) is 3.20. The molecule has 0 unspecified atom stereocenters. The number of urea groups is 1. The van der Waals surface area contributed by atoms with Gasteiger partial charge in [0.1, 0.15) is 0 Å². The monoisotopic (exact) mass is 373 g/mol. The van der Waals surface area contributed by atoms with Gasteiger partial charge in [0.05, 0.1) is 5.75 Å². The second-order valence-electron chi connectivity index (χ2n) is 6.61. The molecule has 1 heterocycles. The zero-order chi connectivity index (χ0) is 18.7. The van der Waals surface area contributed by atoms with Crippen molar-refractivity contribution >= 4 is 27.4 Å². The smallest absolute Gasteiger partial charge is 0.324 e. The van der Waals surface area contributed by atoms with E-state index in [-0.39, 0.29) is 11.8 Å². The van der Waals surface area contributed by atoms with Crippen molar-refractivity contribution in [3.8, 4) is 0 Å². The summed E-state index contributed by atoms with van der Waals surface area (Å²) in [6, 6.07) is 14.3. The van der Waals surface area contributed by atoms with E-state index >= 15 is 0 Å². The van der Waals surface area contributed by atoms with Gasteiger partial charge in [0.2, 0.25) is 10.0 Å². The first-order valence-corrected chi connectivity index (χ1v) is 10.2. The molecule has 2 amide bonds. The van der Waals surface area contributed by atoms with Gasteiger partial charge in [-0.05, 0) is 43.2 Å². The van der Waals surface area contributed by atoms with E-state index in [2.05, 4.69) is 4.72 Å². The first kappa shape index (κ1) is 18.3. The number of amides is 2. The number of nitrogens with zero attached hydrogens (tertiary/aromatic N) is 2. The van der Waals surface area contributed by atoms with Crippen LogP contribution in [0, 0.1) is 6.92 Å². The normalized spacial score (nSPS) is 15.2. The minimum Gasteiger partial charge on any atom is -0.327 e. The highest BCUT2D eigenvalue weighted by Crippen LogP contribution is 2.22. The third-order valence-corrected chi connectivity index (χ3v) is 5.58. The largest absolute Gasteiger partial charge is 0.327 e. The number of nitrogens with one attached hydrogen (secondary N) is 1. The summed E-state index contributed by atoms with van der Waals surface area (Å²) in [6.45, 7) is 3.36. The number of hydrogen-bond donors (Lipinski definition) is 1. The summed E-state index contributed by atoms with van der Waals surface area (Å²) in [7, 11) is -1.72. The van der Waals surface area contributed by atoms with Crippen molar-refractivity contribution in [2.45, 2.75) is 19.1 Å². The van der Waals surface area contributed by atoms with Gasteiger partial charge in [-0.2, -0.15) is 0 Å². The number of benzene rings is 2. The van der Waals surface area contributed by atoms with E-state index in [0.717, 1.165) is 29.8 Å². The molecule has 1 fully saturated rings. The molecule has 0 bridgehead atoms. The summed E-state index contributed by atoms with van der Waals surface area (Å²) >= 11 is 0. The van der Waals surface area contributed by atoms with Crippen LogP contribution in [0.4, 0.5) is 16.2 Å². The maximum absolute atomic E-state index is 12.4. The van der Waals surface area contributed by atoms with Gasteiger partial charge in [0.15, 0.2) is 0 Å². The molecule has 0 radical (unpaired) electrons. The van der Waals surface area contributed by atoms with E-state index in [4.69, 9.17) is 0 Å². The van der Waals surface area contributed by atoms with Crippen molar-refractivity contribution in [2.75, 3.05) is 29.8 Å². The van der Waals surface area contributed by atoms with Crippen LogP contribution in [0.3, 0.4) is 0 Å². The topological polar surface area (TPSA) is 69.7 Å². The van der Waals surface area contributed by atoms with E-state index in [1.165, 1.54) is 0 Å². The van der Waals surface area contributed by atoms with Gasteiger partial charge in [0, 0.05) is 31.5 Å². The summed E-state index contributed by atoms with van der Waals surface area (Å²) in [6.07, 6.45) is 0.910. The lowest BCUT2D eigenvalue weighted by molar-refractivity contribution is 0.207. The van der Waals surface area contributed by atoms with E-state index in [9.17, 15) is 13.2 Å². The molecule has 0 atom stereocenters. The molecular formula is C19H23N3O3S. The number of hydrogen-bond acceptors (Lipinski definition) is 3. The molecule has 2 aromatic rings. The van der Waals surface area contributed by atoms with Gasteiger partial charge in [0.25, 0.3) is 0 Å². The molecule has 0 saturated carbocycles. The third kappa shape index (κ3) is 4.35. The van der Waals surface area contributed by atoms with Crippen molar-refractivity contribution in [2.24, 2.45) is 0 Å². The molecule has 1 aliphatic rings. The summed E-state index contributed by atoms with van der Waals surface area (Å²) in [5.74, 6) is -0.0775. The molecule has 3 rings (SSSR count). The number of carbonyl (C=O) groups is 1. The van der Waals surface area contributed by atoms with Crippen LogP contribution in [0.25, 0.3) is 0 Å². The lowest BCUT2D eigenvalue weighted by Crippen LogP contribution is -2.47. The van der Waals surface area contributed by atoms with Gasteiger partial charge in [-0.15, -0.1) is 0 Å². The number of carbonyl (C=O) groups excluding carboxylic acids is 1. The third-order valence-electron chi connectivity index (χ3n) is 4.32. The van der Waals surface area contributed by atoms with Crippen LogP contribution in [0.1, 0.15) is 17.5 Å². The second kappa shape index (κ2) is 7.37. The SMILES string of the molecule is Cc1cccc(CS(=O)(=O)Nc2ccc(N3CCCN(C)C3=O)cc2)c1. The molecule has 138 valence electrons. The molecule has 0 aliphatic carbocycles. The Morgan fingerprint density at radius 1 is 1.08 bits per heavy atom. The van der Waals surface area contributed by atoms with Crippen molar-refractivity contribution in [1.29, 1.82) is 0 Å². The van der Waals surface area contributed by atoms with Gasteiger partial charge >= 0.3 is 6.03 Å². The van der Waals surface area contributed by atoms with Crippen LogP contribution in [-0.2, 0) is 15.8 Å². The van der Waals surface area contributed by atoms with E-state index < -0.39 is 10.0 Å². The maximum atomic E-state index is 12.4. The fourth-order valence-electron chi connectivity index (χ4n) is 3.05. The number of rotatable bonds is 5. The minimum atomic E-state index is -3.50. The standard InChI is InChI=1S/C19H23N3O3S/c1-15-5-3-6-16(13-15)14-26(24,25)20-17-7-9-18(10-8-17)22-12-4-11-21(2)19(22)23/h3,5-10,13,20H,4,11-12,14H2,1-2H3. The Kier molecular flexibility index (Phi) is 5.18. The highest BCUT2D eigenvalue weighted by molar-refractivity contribution is 7.91. The van der Waals surface area contributed by atoms with Gasteiger partial charge in [-0.3, -0.25) is 9.62 Å². The molecule has 7 heteroatoms. The number of aryl methyl sites for hydroxylation is 1. The number of sulfonamides is 1. The Balaban J connectivity index is 1.69. The highest BCUT2D eigenvalue weighted by Gasteiger charge is 2.23. The molecule has 6 nitrogen and oxygen atoms in total. The summed E-state index contributed by atoms with van der Waals surface area (Å²) in [4.78, 5) is 15.6. The highest BCUT2D eigenvalue weighted by atomic mass is 32.2. The average molecular weight is 373 g/mol. The van der Waals surface area contributed by atoms with Crippen molar-refractivity contribution in [3.63, 3.8) is 0 Å². The van der Waals surface area contributed by atoms with Crippen molar-refractivity contribution in [1.82, 2.24) is 4.90 Å². The van der Waals surface area contributed by atoms with E-state index in [0.29, 0.717) is 12.2 Å². The van der Waals surface area contributed by atoms with Crippen LogP contribution in [0.2, 0.25) is 0 Å². The van der Waals surface area contributed by atoms with E-state index in [1.807, 2.05) is 25.1 Å². The van der Waals surface area contributed by atoms with Crippen molar-refractivity contribution in [3.05, 3.63) is 59.7 Å². The van der Waals surface area contributed by atoms with Gasteiger partial charge in [-0.1, -0.05) is 29.8 Å². The Morgan fingerprint density at radius 2 is 1.81 bits per heavy atom. The number of anilines is 2. The molecular weight excluding hydrogens is 350 g/mol. The molecule has 0 spiro atoms. The zero-order valence-corrected chi connectivity index (χ0v) is 15.8. The fraction of sp³-hybridized carbons (Fsp3) is 0.316. The Labute approximate surface area is 154 Å². The quantitative estimate of drug-likeness (QED) is 0.875. The molecule has 26 heavy (non-hydrogen) atoms. The summed E-state index contributed by atoms with van der Waals surface area (Å²) < 4.78 is 27.4. The lowest BCUT2D eigenvalue weighted by atomic mass is 10.2. The zero-order valence-electron chi connectivity index (χ0n) is 15.0. The Hall–Kier alpha value is -2.54. The molecule has 1 N–H and O–H groups in total. The predicted molar refractivity (Wildman–Crippen MR) is 104 cm³/mol. The Morgan fingerprint density at radius 3 is 2.50 bits per heavy atom. The van der Waals surface area contributed by atoms with E-state index in [1.54, 1.807) is 47.2 Å².